The molecule has 7 nitrogen and oxygen atoms in total. The second kappa shape index (κ2) is 10.4. The van der Waals surface area contributed by atoms with E-state index in [1.54, 1.807) is 23.5 Å². The zero-order valence-electron chi connectivity index (χ0n) is 22.2. The van der Waals surface area contributed by atoms with Gasteiger partial charge in [-0.15, -0.1) is 11.3 Å². The number of benzene rings is 3. The predicted molar refractivity (Wildman–Crippen MR) is 154 cm³/mol. The molecule has 0 fully saturated rings. The molecular formula is C31H31N3O4S. The smallest absolute Gasteiger partial charge is 0.344 e. The quantitative estimate of drug-likeness (QED) is 0.226. The van der Waals surface area contributed by atoms with Crippen molar-refractivity contribution in [3.8, 4) is 11.5 Å². The highest BCUT2D eigenvalue weighted by atomic mass is 32.1. The van der Waals surface area contributed by atoms with E-state index >= 15 is 0 Å². The fraction of sp³-hybridized carbons (Fsp3) is 0.290. The highest BCUT2D eigenvalue weighted by Crippen LogP contribution is 2.42. The van der Waals surface area contributed by atoms with Gasteiger partial charge in [-0.25, -0.2) is 4.79 Å². The number of carbonyl (C=O) groups excluding carboxylic acids is 2. The van der Waals surface area contributed by atoms with Gasteiger partial charge in [-0.05, 0) is 67.3 Å². The van der Waals surface area contributed by atoms with E-state index in [0.717, 1.165) is 46.4 Å². The maximum absolute atomic E-state index is 13.2. The molecule has 39 heavy (non-hydrogen) atoms. The van der Waals surface area contributed by atoms with Crippen molar-refractivity contribution in [2.75, 3.05) is 18.5 Å². The fourth-order valence-corrected chi connectivity index (χ4v) is 6.66. The first-order chi connectivity index (χ1) is 18.9. The topological polar surface area (TPSA) is 79.9 Å². The molecule has 2 aliphatic heterocycles. The van der Waals surface area contributed by atoms with Crippen LogP contribution in [0, 0.1) is 0 Å². The molecule has 0 saturated heterocycles. The molecule has 1 aromatic heterocycles. The van der Waals surface area contributed by atoms with Gasteiger partial charge in [-0.3, -0.25) is 9.69 Å². The number of carbonyl (C=O) groups is 2. The van der Waals surface area contributed by atoms with Gasteiger partial charge in [0.05, 0.1) is 17.7 Å². The summed E-state index contributed by atoms with van der Waals surface area (Å²) >= 11 is 1.67. The van der Waals surface area contributed by atoms with Crippen LogP contribution in [0.15, 0.2) is 60.7 Å². The Bertz CT molecular complexity index is 1570. The Morgan fingerprint density at radius 1 is 1.08 bits per heavy atom. The maximum atomic E-state index is 13.2. The summed E-state index contributed by atoms with van der Waals surface area (Å²) < 4.78 is 11.7. The van der Waals surface area contributed by atoms with Gasteiger partial charge >= 0.3 is 5.97 Å². The summed E-state index contributed by atoms with van der Waals surface area (Å²) in [4.78, 5) is 30.1. The third-order valence-corrected chi connectivity index (χ3v) is 8.56. The van der Waals surface area contributed by atoms with Crippen LogP contribution in [0.25, 0.3) is 10.8 Å². The summed E-state index contributed by atoms with van der Waals surface area (Å²) in [5.74, 6) is 0.271. The Labute approximate surface area is 231 Å². The van der Waals surface area contributed by atoms with E-state index in [0.29, 0.717) is 29.7 Å². The van der Waals surface area contributed by atoms with Crippen LogP contribution in [0.2, 0.25) is 0 Å². The standard InChI is InChI=1S/C31H31N3O4S/c1-4-37-25-16-20(12-13-24(25)38-31(36)22-11-7-9-19-8-5-6-10-21(19)22)28-32-29(35)27-23-14-15-34(18(2)3)17-26(23)39-30(27)33-28/h5-13,16,18,28,33H,4,14-15,17H2,1-3H3,(H,32,35)/t28-/m0/s1. The zero-order valence-corrected chi connectivity index (χ0v) is 23.1. The number of thiophene rings is 1. The van der Waals surface area contributed by atoms with Crippen LogP contribution < -0.4 is 20.1 Å². The molecule has 8 heteroatoms. The third kappa shape index (κ3) is 4.75. The van der Waals surface area contributed by atoms with Gasteiger partial charge in [0.2, 0.25) is 0 Å². The van der Waals surface area contributed by atoms with E-state index in [1.165, 1.54) is 10.4 Å². The van der Waals surface area contributed by atoms with Gasteiger partial charge in [-0.2, -0.15) is 0 Å². The second-order valence-electron chi connectivity index (χ2n) is 10.1. The Hall–Kier alpha value is -3.88. The number of nitrogens with one attached hydrogen (secondary N) is 2. The highest BCUT2D eigenvalue weighted by molar-refractivity contribution is 7.16. The largest absolute Gasteiger partial charge is 0.490 e. The number of esters is 1. The highest BCUT2D eigenvalue weighted by Gasteiger charge is 2.34. The molecule has 4 aromatic rings. The molecule has 3 aromatic carbocycles. The fourth-order valence-electron chi connectivity index (χ4n) is 5.36. The Morgan fingerprint density at radius 3 is 2.72 bits per heavy atom. The van der Waals surface area contributed by atoms with Gasteiger partial charge in [-0.1, -0.05) is 42.5 Å². The predicted octanol–water partition coefficient (Wildman–Crippen LogP) is 6.14. The number of anilines is 1. The van der Waals surface area contributed by atoms with Gasteiger partial charge in [0.15, 0.2) is 11.5 Å². The number of hydrogen-bond donors (Lipinski definition) is 2. The van der Waals surface area contributed by atoms with Crippen LogP contribution in [0.4, 0.5) is 5.00 Å². The molecule has 2 N–H and O–H groups in total. The molecule has 0 spiro atoms. The Morgan fingerprint density at radius 2 is 1.90 bits per heavy atom. The molecule has 6 rings (SSSR count). The molecule has 3 heterocycles. The van der Waals surface area contributed by atoms with Crippen LogP contribution in [0.5, 0.6) is 11.5 Å². The average molecular weight is 542 g/mol. The van der Waals surface area contributed by atoms with E-state index in [-0.39, 0.29) is 5.91 Å². The number of amides is 1. The van der Waals surface area contributed by atoms with Gasteiger partial charge in [0.1, 0.15) is 11.2 Å². The van der Waals surface area contributed by atoms with Crippen LogP contribution >= 0.6 is 11.3 Å². The molecule has 1 atom stereocenters. The lowest BCUT2D eigenvalue weighted by atomic mass is 9.99. The van der Waals surface area contributed by atoms with Crippen molar-refractivity contribution in [3.05, 3.63) is 87.8 Å². The SMILES string of the molecule is CCOc1cc([C@H]2NC(=O)c3c(sc4c3CCN(C(C)C)C4)N2)ccc1OC(=O)c1cccc2ccccc12. The van der Waals surface area contributed by atoms with Crippen LogP contribution in [0.1, 0.15) is 63.7 Å². The van der Waals surface area contributed by atoms with Crippen LogP contribution in [-0.2, 0) is 13.0 Å². The zero-order chi connectivity index (χ0) is 27.1. The van der Waals surface area contributed by atoms with Crippen molar-refractivity contribution in [2.45, 2.75) is 45.9 Å². The lowest BCUT2D eigenvalue weighted by Gasteiger charge is -2.31. The summed E-state index contributed by atoms with van der Waals surface area (Å²) in [6, 6.07) is 19.2. The molecule has 2 aliphatic rings. The Kier molecular flexibility index (Phi) is 6.74. The minimum Gasteiger partial charge on any atom is -0.490 e. The van der Waals surface area contributed by atoms with Crippen molar-refractivity contribution in [1.82, 2.24) is 10.2 Å². The summed E-state index contributed by atoms with van der Waals surface area (Å²) in [5, 5.41) is 9.35. The minimum atomic E-state index is -0.450. The maximum Gasteiger partial charge on any atom is 0.344 e. The van der Waals surface area contributed by atoms with E-state index in [2.05, 4.69) is 29.4 Å². The van der Waals surface area contributed by atoms with E-state index in [9.17, 15) is 9.59 Å². The minimum absolute atomic E-state index is 0.0614. The first-order valence-corrected chi connectivity index (χ1v) is 14.2. The second-order valence-corrected chi connectivity index (χ2v) is 11.2. The number of nitrogens with zero attached hydrogens (tertiary/aromatic N) is 1. The lowest BCUT2D eigenvalue weighted by Crippen LogP contribution is -2.39. The van der Waals surface area contributed by atoms with Gasteiger partial charge in [0, 0.05) is 24.0 Å². The summed E-state index contributed by atoms with van der Waals surface area (Å²) in [6.07, 6.45) is 0.456. The van der Waals surface area contributed by atoms with Crippen molar-refractivity contribution in [1.29, 1.82) is 0 Å². The van der Waals surface area contributed by atoms with E-state index in [4.69, 9.17) is 9.47 Å². The Balaban J connectivity index is 1.26. The molecule has 0 aliphatic carbocycles. The van der Waals surface area contributed by atoms with Crippen molar-refractivity contribution < 1.29 is 19.1 Å². The summed E-state index contributed by atoms with van der Waals surface area (Å²) in [6.45, 7) is 8.53. The number of hydrogen-bond acceptors (Lipinski definition) is 7. The average Bonchev–Trinajstić information content (AvgIpc) is 3.32. The monoisotopic (exact) mass is 541 g/mol. The van der Waals surface area contributed by atoms with E-state index in [1.807, 2.05) is 55.5 Å². The van der Waals surface area contributed by atoms with Gasteiger partial charge in [0.25, 0.3) is 5.91 Å². The lowest BCUT2D eigenvalue weighted by molar-refractivity contribution is 0.0730. The van der Waals surface area contributed by atoms with Crippen LogP contribution in [-0.4, -0.2) is 36.0 Å². The molecule has 0 unspecified atom stereocenters. The molecule has 0 bridgehead atoms. The first kappa shape index (κ1) is 25.4. The summed E-state index contributed by atoms with van der Waals surface area (Å²) in [5.41, 5.74) is 3.25. The molecule has 200 valence electrons. The van der Waals surface area contributed by atoms with Crippen molar-refractivity contribution in [2.24, 2.45) is 0 Å². The first-order valence-electron chi connectivity index (χ1n) is 13.4. The third-order valence-electron chi connectivity index (χ3n) is 7.41. The number of ether oxygens (including phenoxy) is 2. The van der Waals surface area contributed by atoms with Crippen molar-refractivity contribution in [3.63, 3.8) is 0 Å². The summed E-state index contributed by atoms with van der Waals surface area (Å²) in [7, 11) is 0. The molecular weight excluding hydrogens is 510 g/mol. The van der Waals surface area contributed by atoms with Gasteiger partial charge < -0.3 is 20.1 Å². The molecule has 0 radical (unpaired) electrons. The van der Waals surface area contributed by atoms with E-state index < -0.39 is 12.1 Å². The molecule has 0 saturated carbocycles. The van der Waals surface area contributed by atoms with Crippen LogP contribution in [0.3, 0.4) is 0 Å². The molecule has 1 amide bonds. The normalized spacial score (nSPS) is 16.8. The number of rotatable bonds is 6. The number of fused-ring (bicyclic) bond motifs is 4. The van der Waals surface area contributed by atoms with Crippen molar-refractivity contribution >= 4 is 39.0 Å².